The lowest BCUT2D eigenvalue weighted by Gasteiger charge is -2.21. The third-order valence-corrected chi connectivity index (χ3v) is 5.64. The summed E-state index contributed by atoms with van der Waals surface area (Å²) in [6.07, 6.45) is 3.61. The maximum absolute atomic E-state index is 5.84. The molecule has 0 bridgehead atoms. The SMILES string of the molecule is c1ccc(C2CCc3nc(C4CNCCO4)sc3C2)cc1. The number of benzene rings is 1. The molecule has 1 aliphatic heterocycles. The topological polar surface area (TPSA) is 34.2 Å². The number of morpholine rings is 1. The van der Waals surface area contributed by atoms with E-state index in [0.717, 1.165) is 32.5 Å². The number of hydrogen-bond donors (Lipinski definition) is 1. The number of nitrogens with zero attached hydrogens (tertiary/aromatic N) is 1. The van der Waals surface area contributed by atoms with Crippen molar-refractivity contribution in [1.82, 2.24) is 10.3 Å². The van der Waals surface area contributed by atoms with E-state index >= 15 is 0 Å². The van der Waals surface area contributed by atoms with Crippen LogP contribution in [-0.4, -0.2) is 24.7 Å². The Morgan fingerprint density at radius 3 is 2.95 bits per heavy atom. The van der Waals surface area contributed by atoms with E-state index < -0.39 is 0 Å². The molecule has 0 amide bonds. The number of aromatic nitrogens is 1. The van der Waals surface area contributed by atoms with E-state index in [1.165, 1.54) is 27.6 Å². The van der Waals surface area contributed by atoms with Crippen molar-refractivity contribution in [1.29, 1.82) is 0 Å². The highest BCUT2D eigenvalue weighted by atomic mass is 32.1. The minimum atomic E-state index is 0.157. The number of fused-ring (bicyclic) bond motifs is 1. The molecule has 21 heavy (non-hydrogen) atoms. The van der Waals surface area contributed by atoms with E-state index in [0.29, 0.717) is 5.92 Å². The lowest BCUT2D eigenvalue weighted by atomic mass is 9.85. The highest BCUT2D eigenvalue weighted by Crippen LogP contribution is 2.37. The lowest BCUT2D eigenvalue weighted by molar-refractivity contribution is 0.0275. The van der Waals surface area contributed by atoms with E-state index in [-0.39, 0.29) is 6.10 Å². The molecule has 1 fully saturated rings. The van der Waals surface area contributed by atoms with Gasteiger partial charge in [-0.05, 0) is 30.7 Å². The second-order valence-electron chi connectivity index (χ2n) is 5.84. The predicted octanol–water partition coefficient (Wildman–Crippen LogP) is 3.08. The Hall–Kier alpha value is -1.23. The summed E-state index contributed by atoms with van der Waals surface area (Å²) in [5.41, 5.74) is 2.78. The molecule has 1 aromatic heterocycles. The van der Waals surface area contributed by atoms with Crippen LogP contribution in [0.1, 0.15) is 39.6 Å². The first-order valence-electron chi connectivity index (χ1n) is 7.76. The Balaban J connectivity index is 1.54. The molecule has 1 saturated heterocycles. The Bertz CT molecular complexity index is 605. The standard InChI is InChI=1S/C17H20N2OS/c1-2-4-12(5-3-1)13-6-7-14-16(10-13)21-17(19-14)15-11-18-8-9-20-15/h1-5,13,15,18H,6-11H2. The van der Waals surface area contributed by atoms with Crippen molar-refractivity contribution in [2.75, 3.05) is 19.7 Å². The number of rotatable bonds is 2. The minimum absolute atomic E-state index is 0.157. The molecule has 0 radical (unpaired) electrons. The summed E-state index contributed by atoms with van der Waals surface area (Å²) in [6.45, 7) is 2.65. The second kappa shape index (κ2) is 5.87. The zero-order valence-electron chi connectivity index (χ0n) is 12.0. The van der Waals surface area contributed by atoms with E-state index in [1.807, 2.05) is 11.3 Å². The molecule has 2 aliphatic rings. The van der Waals surface area contributed by atoms with E-state index in [9.17, 15) is 0 Å². The van der Waals surface area contributed by atoms with Gasteiger partial charge in [0.05, 0.1) is 12.3 Å². The van der Waals surface area contributed by atoms with Crippen LogP contribution in [0.2, 0.25) is 0 Å². The third-order valence-electron chi connectivity index (χ3n) is 4.43. The summed E-state index contributed by atoms with van der Waals surface area (Å²) in [5, 5.41) is 4.56. The zero-order valence-corrected chi connectivity index (χ0v) is 12.9. The summed E-state index contributed by atoms with van der Waals surface area (Å²) < 4.78 is 5.84. The Morgan fingerprint density at radius 1 is 1.24 bits per heavy atom. The van der Waals surface area contributed by atoms with Crippen LogP contribution in [0.15, 0.2) is 30.3 Å². The minimum Gasteiger partial charge on any atom is -0.368 e. The average molecular weight is 300 g/mol. The number of ether oxygens (including phenoxy) is 1. The number of hydrogen-bond acceptors (Lipinski definition) is 4. The van der Waals surface area contributed by atoms with Crippen LogP contribution >= 0.6 is 11.3 Å². The van der Waals surface area contributed by atoms with Crippen LogP contribution in [0.5, 0.6) is 0 Å². The molecule has 3 nitrogen and oxygen atoms in total. The van der Waals surface area contributed by atoms with Crippen LogP contribution < -0.4 is 5.32 Å². The Kier molecular flexibility index (Phi) is 3.76. The molecule has 2 atom stereocenters. The number of thiazole rings is 1. The summed E-state index contributed by atoms with van der Waals surface area (Å²) in [5.74, 6) is 0.650. The molecule has 4 heteroatoms. The first-order chi connectivity index (χ1) is 10.4. The fraction of sp³-hybridized carbons (Fsp3) is 0.471. The van der Waals surface area contributed by atoms with Gasteiger partial charge in [0.2, 0.25) is 0 Å². The first-order valence-corrected chi connectivity index (χ1v) is 8.57. The van der Waals surface area contributed by atoms with E-state index in [4.69, 9.17) is 9.72 Å². The largest absolute Gasteiger partial charge is 0.368 e. The van der Waals surface area contributed by atoms with Crippen molar-refractivity contribution < 1.29 is 4.74 Å². The van der Waals surface area contributed by atoms with Gasteiger partial charge in [-0.15, -0.1) is 11.3 Å². The maximum atomic E-state index is 5.84. The molecule has 2 aromatic rings. The monoisotopic (exact) mass is 300 g/mol. The van der Waals surface area contributed by atoms with Gasteiger partial charge in [-0.1, -0.05) is 30.3 Å². The van der Waals surface area contributed by atoms with Gasteiger partial charge >= 0.3 is 0 Å². The first kappa shape index (κ1) is 13.4. The number of nitrogens with one attached hydrogen (secondary N) is 1. The van der Waals surface area contributed by atoms with Gasteiger partial charge in [0.25, 0.3) is 0 Å². The average Bonchev–Trinajstić information content (AvgIpc) is 2.99. The maximum Gasteiger partial charge on any atom is 0.123 e. The molecule has 0 saturated carbocycles. The van der Waals surface area contributed by atoms with Crippen molar-refractivity contribution in [3.8, 4) is 0 Å². The fourth-order valence-corrected chi connectivity index (χ4v) is 4.51. The van der Waals surface area contributed by atoms with Gasteiger partial charge in [0, 0.05) is 18.0 Å². The molecular formula is C17H20N2OS. The van der Waals surface area contributed by atoms with Gasteiger partial charge in [0.15, 0.2) is 0 Å². The smallest absolute Gasteiger partial charge is 0.123 e. The Labute approximate surface area is 129 Å². The van der Waals surface area contributed by atoms with Crippen LogP contribution in [0.3, 0.4) is 0 Å². The van der Waals surface area contributed by atoms with Crippen LogP contribution in [-0.2, 0) is 17.6 Å². The molecule has 1 N–H and O–H groups in total. The summed E-state index contributed by atoms with van der Waals surface area (Å²) in [4.78, 5) is 6.33. The van der Waals surface area contributed by atoms with Crippen LogP contribution in [0.25, 0.3) is 0 Å². The van der Waals surface area contributed by atoms with Crippen molar-refractivity contribution >= 4 is 11.3 Å². The molecule has 2 heterocycles. The van der Waals surface area contributed by atoms with Crippen molar-refractivity contribution in [3.63, 3.8) is 0 Å². The lowest BCUT2D eigenvalue weighted by Crippen LogP contribution is -2.33. The van der Waals surface area contributed by atoms with Crippen LogP contribution in [0, 0.1) is 0 Å². The molecular weight excluding hydrogens is 280 g/mol. The highest BCUT2D eigenvalue weighted by molar-refractivity contribution is 7.11. The summed E-state index contributed by atoms with van der Waals surface area (Å²) in [7, 11) is 0. The third kappa shape index (κ3) is 2.76. The summed E-state index contributed by atoms with van der Waals surface area (Å²) in [6, 6.07) is 10.9. The van der Waals surface area contributed by atoms with Gasteiger partial charge in [-0.3, -0.25) is 0 Å². The molecule has 1 aromatic carbocycles. The van der Waals surface area contributed by atoms with E-state index in [1.54, 1.807) is 0 Å². The molecule has 0 spiro atoms. The van der Waals surface area contributed by atoms with Gasteiger partial charge in [-0.25, -0.2) is 4.98 Å². The van der Waals surface area contributed by atoms with Gasteiger partial charge < -0.3 is 10.1 Å². The van der Waals surface area contributed by atoms with Crippen LogP contribution in [0.4, 0.5) is 0 Å². The number of aryl methyl sites for hydroxylation is 1. The normalized spacial score (nSPS) is 25.5. The molecule has 2 unspecified atom stereocenters. The van der Waals surface area contributed by atoms with Gasteiger partial charge in [-0.2, -0.15) is 0 Å². The zero-order chi connectivity index (χ0) is 14.1. The van der Waals surface area contributed by atoms with E-state index in [2.05, 4.69) is 35.6 Å². The van der Waals surface area contributed by atoms with Crippen molar-refractivity contribution in [2.24, 2.45) is 0 Å². The van der Waals surface area contributed by atoms with Crippen molar-refractivity contribution in [3.05, 3.63) is 51.5 Å². The van der Waals surface area contributed by atoms with Gasteiger partial charge in [0.1, 0.15) is 11.1 Å². The summed E-state index contributed by atoms with van der Waals surface area (Å²) >= 11 is 1.86. The second-order valence-corrected chi connectivity index (χ2v) is 6.95. The Morgan fingerprint density at radius 2 is 2.14 bits per heavy atom. The predicted molar refractivity (Wildman–Crippen MR) is 84.9 cm³/mol. The molecule has 110 valence electrons. The molecule has 1 aliphatic carbocycles. The van der Waals surface area contributed by atoms with Crippen molar-refractivity contribution in [2.45, 2.75) is 31.3 Å². The fourth-order valence-electron chi connectivity index (χ4n) is 3.27. The highest BCUT2D eigenvalue weighted by Gasteiger charge is 2.27. The molecule has 4 rings (SSSR count). The quantitative estimate of drug-likeness (QED) is 0.925.